The largest absolute Gasteiger partial charge is 0.369 e. The van der Waals surface area contributed by atoms with E-state index in [1.807, 2.05) is 19.9 Å². The lowest BCUT2D eigenvalue weighted by atomic mass is 9.91. The number of rotatable bonds is 9. The highest BCUT2D eigenvalue weighted by Gasteiger charge is 2.30. The molecule has 0 bridgehead atoms. The molecule has 8 rings (SSSR count). The van der Waals surface area contributed by atoms with Crippen LogP contribution in [0.25, 0.3) is 11.1 Å². The Bertz CT molecular complexity index is 2470. The summed E-state index contributed by atoms with van der Waals surface area (Å²) < 4.78 is 59.1. The fourth-order valence-electron chi connectivity index (χ4n) is 7.53. The van der Waals surface area contributed by atoms with Crippen molar-refractivity contribution in [1.82, 2.24) is 4.90 Å². The highest BCUT2D eigenvalue weighted by Crippen LogP contribution is 2.31. The van der Waals surface area contributed by atoms with Crippen LogP contribution in [0.2, 0.25) is 0 Å². The minimum atomic E-state index is -4.02. The molecule has 6 aromatic carbocycles. The van der Waals surface area contributed by atoms with Gasteiger partial charge in [-0.2, -0.15) is 16.8 Å². The summed E-state index contributed by atoms with van der Waals surface area (Å²) in [4.78, 5) is 20.6. The van der Waals surface area contributed by atoms with Crippen LogP contribution < -0.4 is 9.80 Å². The summed E-state index contributed by atoms with van der Waals surface area (Å²) in [5.41, 5.74) is 9.27. The third-order valence-corrected chi connectivity index (χ3v) is 12.6. The second kappa shape index (κ2) is 20.8. The summed E-state index contributed by atoms with van der Waals surface area (Å²) in [7, 11) is -8.04. The van der Waals surface area contributed by atoms with Crippen molar-refractivity contribution in [3.05, 3.63) is 180 Å². The van der Waals surface area contributed by atoms with E-state index in [0.29, 0.717) is 12.3 Å². The number of anilines is 2. The summed E-state index contributed by atoms with van der Waals surface area (Å²) in [5.74, 6) is 0.686. The van der Waals surface area contributed by atoms with Crippen molar-refractivity contribution in [2.24, 2.45) is 5.92 Å². The predicted molar refractivity (Wildman–Crippen MR) is 243 cm³/mol. The van der Waals surface area contributed by atoms with Gasteiger partial charge >= 0.3 is 0 Å². The second-order valence-corrected chi connectivity index (χ2v) is 18.3. The van der Waals surface area contributed by atoms with Gasteiger partial charge in [0.05, 0.1) is 9.79 Å². The van der Waals surface area contributed by atoms with E-state index in [1.165, 1.54) is 52.2 Å². The number of carbonyl (C=O) groups is 1. The first-order valence-corrected chi connectivity index (χ1v) is 23.2. The normalized spacial score (nSPS) is 15.4. The zero-order valence-electron chi connectivity index (χ0n) is 34.5. The van der Waals surface area contributed by atoms with Gasteiger partial charge in [0.15, 0.2) is 0 Å². The monoisotopic (exact) mass is 859 g/mol. The van der Waals surface area contributed by atoms with E-state index in [2.05, 4.69) is 118 Å². The van der Waals surface area contributed by atoms with E-state index < -0.39 is 20.2 Å². The molecule has 1 amide bonds. The molecule has 2 aliphatic rings. The zero-order valence-corrected chi connectivity index (χ0v) is 36.2. The SMILES string of the molecule is Cc1ccc(S(=O)(=O)O)cc1.Cc1ccc(S(=O)(=O)O)cc1.O=C(CCc1ccc(-c2ccccc2)cc1)N1CC(CN2CCN(c3ccccc3)CC2)Cc2ccccc21. The van der Waals surface area contributed by atoms with Crippen LogP contribution in [0.3, 0.4) is 0 Å². The summed E-state index contributed by atoms with van der Waals surface area (Å²) in [6, 6.07) is 50.3. The predicted octanol–water partition coefficient (Wildman–Crippen LogP) is 8.80. The first kappa shape index (κ1) is 44.9. The maximum Gasteiger partial charge on any atom is 0.294 e. The molecule has 0 aromatic heterocycles. The van der Waals surface area contributed by atoms with Crippen molar-refractivity contribution in [2.45, 2.75) is 42.9 Å². The Kier molecular flexibility index (Phi) is 15.3. The molecule has 12 heteroatoms. The van der Waals surface area contributed by atoms with Gasteiger partial charge in [-0.15, -0.1) is 0 Å². The average Bonchev–Trinajstić information content (AvgIpc) is 3.26. The molecule has 2 heterocycles. The first-order chi connectivity index (χ1) is 29.2. The number of nitrogens with zero attached hydrogens (tertiary/aromatic N) is 3. The molecule has 6 aromatic rings. The molecule has 2 N–H and O–H groups in total. The Morgan fingerprint density at radius 1 is 0.590 bits per heavy atom. The highest BCUT2D eigenvalue weighted by molar-refractivity contribution is 7.86. The molecular formula is C49H53N3O7S2. The molecule has 0 spiro atoms. The molecule has 1 unspecified atom stereocenters. The first-order valence-electron chi connectivity index (χ1n) is 20.4. The lowest BCUT2D eigenvalue weighted by Crippen LogP contribution is -2.50. The van der Waals surface area contributed by atoms with Crippen molar-refractivity contribution in [1.29, 1.82) is 0 Å². The third-order valence-electron chi connectivity index (χ3n) is 10.9. The van der Waals surface area contributed by atoms with Crippen LogP contribution >= 0.6 is 0 Å². The molecule has 318 valence electrons. The van der Waals surface area contributed by atoms with Gasteiger partial charge in [0.1, 0.15) is 0 Å². The van der Waals surface area contributed by atoms with Crippen LogP contribution in [0.5, 0.6) is 0 Å². The van der Waals surface area contributed by atoms with Gasteiger partial charge in [0.2, 0.25) is 5.91 Å². The lowest BCUT2D eigenvalue weighted by Gasteiger charge is -2.40. The molecule has 0 aliphatic carbocycles. The number of hydrogen-bond donors (Lipinski definition) is 2. The van der Waals surface area contributed by atoms with Gasteiger partial charge in [-0.25, -0.2) is 0 Å². The Hall–Kier alpha value is -5.63. The number of piperazine rings is 1. The Morgan fingerprint density at radius 3 is 1.62 bits per heavy atom. The number of fused-ring (bicyclic) bond motifs is 1. The van der Waals surface area contributed by atoms with Gasteiger partial charge in [-0.05, 0) is 97.3 Å². The van der Waals surface area contributed by atoms with Crippen molar-refractivity contribution in [3.63, 3.8) is 0 Å². The van der Waals surface area contributed by atoms with Gasteiger partial charge in [0, 0.05) is 57.1 Å². The maximum absolute atomic E-state index is 13.6. The van der Waals surface area contributed by atoms with Crippen molar-refractivity contribution in [2.75, 3.05) is 49.1 Å². The second-order valence-electron chi connectivity index (χ2n) is 15.5. The summed E-state index contributed by atoms with van der Waals surface area (Å²) in [5, 5.41) is 0. The molecule has 0 saturated carbocycles. The third kappa shape index (κ3) is 13.2. The Morgan fingerprint density at radius 2 is 1.08 bits per heavy atom. The zero-order chi connectivity index (χ0) is 43.4. The molecule has 1 atom stereocenters. The number of benzene rings is 6. The molecule has 1 fully saturated rings. The highest BCUT2D eigenvalue weighted by atomic mass is 32.2. The van der Waals surface area contributed by atoms with Crippen LogP contribution in [0, 0.1) is 19.8 Å². The van der Waals surface area contributed by atoms with Crippen molar-refractivity contribution < 1.29 is 30.7 Å². The van der Waals surface area contributed by atoms with Crippen molar-refractivity contribution >= 4 is 37.5 Å². The molecule has 0 radical (unpaired) electrons. The average molecular weight is 860 g/mol. The fourth-order valence-corrected chi connectivity index (χ4v) is 8.49. The van der Waals surface area contributed by atoms with Gasteiger partial charge < -0.3 is 9.80 Å². The number of hydrogen-bond acceptors (Lipinski definition) is 7. The number of carbonyl (C=O) groups excluding carboxylic acids is 1. The molecule has 2 aliphatic heterocycles. The summed E-state index contributed by atoms with van der Waals surface area (Å²) >= 11 is 0. The van der Waals surface area contributed by atoms with Crippen molar-refractivity contribution in [3.8, 4) is 11.1 Å². The van der Waals surface area contributed by atoms with Crippen LogP contribution in [0.1, 0.15) is 28.7 Å². The minimum Gasteiger partial charge on any atom is -0.369 e. The van der Waals surface area contributed by atoms with Gasteiger partial charge in [-0.1, -0.05) is 126 Å². The molecular weight excluding hydrogens is 807 g/mol. The van der Waals surface area contributed by atoms with E-state index in [4.69, 9.17) is 9.11 Å². The summed E-state index contributed by atoms with van der Waals surface area (Å²) in [6.45, 7) is 9.78. The lowest BCUT2D eigenvalue weighted by molar-refractivity contribution is -0.118. The molecule has 61 heavy (non-hydrogen) atoms. The van der Waals surface area contributed by atoms with E-state index in [-0.39, 0.29) is 15.7 Å². The van der Waals surface area contributed by atoms with Crippen LogP contribution in [-0.4, -0.2) is 76.0 Å². The molecule has 1 saturated heterocycles. The Labute approximate surface area is 360 Å². The number of amides is 1. The van der Waals surface area contributed by atoms with E-state index in [9.17, 15) is 21.6 Å². The van der Waals surface area contributed by atoms with Gasteiger partial charge in [0.25, 0.3) is 20.2 Å². The van der Waals surface area contributed by atoms with E-state index in [0.717, 1.165) is 68.9 Å². The van der Waals surface area contributed by atoms with E-state index in [1.54, 1.807) is 24.3 Å². The van der Waals surface area contributed by atoms with Crippen LogP contribution in [0.4, 0.5) is 11.4 Å². The molecule has 10 nitrogen and oxygen atoms in total. The fraction of sp³-hybridized carbons (Fsp3) is 0.245. The number of aryl methyl sites for hydroxylation is 3. The van der Waals surface area contributed by atoms with Gasteiger partial charge in [-0.3, -0.25) is 18.8 Å². The maximum atomic E-state index is 13.6. The standard InChI is InChI=1S/C35H37N3O.2C7H8O3S/c39-35(20-17-28-15-18-31(19-16-28)30-9-3-1-4-10-30)38-27-29(25-32-11-7-8-14-34(32)38)26-36-21-23-37(24-22-36)33-12-5-2-6-13-33;2*1-6-2-4-7(5-3-6)11(8,9)10/h1-16,18-19,29H,17,20-27H2;2*2-5H,1H3,(H,8,9,10). The topological polar surface area (TPSA) is 136 Å². The summed E-state index contributed by atoms with van der Waals surface area (Å²) in [6.07, 6.45) is 2.33. The minimum absolute atomic E-state index is 0.0666. The Balaban J connectivity index is 0.000000230. The van der Waals surface area contributed by atoms with Crippen LogP contribution in [0.15, 0.2) is 168 Å². The smallest absolute Gasteiger partial charge is 0.294 e. The quantitative estimate of drug-likeness (QED) is 0.137. The van der Waals surface area contributed by atoms with Crippen LogP contribution in [-0.2, 0) is 37.9 Å². The van der Waals surface area contributed by atoms with E-state index >= 15 is 0 Å². The number of para-hydroxylation sites is 2.